The van der Waals surface area contributed by atoms with E-state index in [0.717, 1.165) is 52.6 Å². The lowest BCUT2D eigenvalue weighted by Gasteiger charge is -2.16. The van der Waals surface area contributed by atoms with Crippen molar-refractivity contribution in [2.24, 2.45) is 0 Å². The molecule has 16 aromatic rings. The molecule has 16 rings (SSSR count). The quantitative estimate of drug-likeness (QED) is 0.0222. The number of nitrogens with one attached hydrogen (secondary N) is 8. The number of halogens is 13. The molecule has 0 saturated carbocycles. The Hall–Kier alpha value is -17.0. The number of hydrogen-bond acceptors (Lipinski definition) is 15. The lowest BCUT2D eigenvalue weighted by molar-refractivity contribution is -0.138. The van der Waals surface area contributed by atoms with E-state index in [1.165, 1.54) is 146 Å². The molecule has 0 fully saturated rings. The monoisotopic (exact) mass is 1900 g/mol. The molecule has 138 heavy (non-hydrogen) atoms. The van der Waals surface area contributed by atoms with E-state index in [4.69, 9.17) is 33.2 Å². The number of aromatic amines is 4. The molecular weight excluding hydrogens is 1820 g/mol. The lowest BCUT2D eigenvalue weighted by atomic mass is 10.1. The second-order valence-corrected chi connectivity index (χ2v) is 30.0. The van der Waals surface area contributed by atoms with Crippen LogP contribution in [0.5, 0.6) is 40.2 Å². The fourth-order valence-corrected chi connectivity index (χ4v) is 14.4. The van der Waals surface area contributed by atoms with Crippen molar-refractivity contribution >= 4 is 116 Å². The summed E-state index contributed by atoms with van der Waals surface area (Å²) in [5, 5.41) is 41.7. The van der Waals surface area contributed by atoms with Crippen molar-refractivity contribution in [1.82, 2.24) is 62.1 Å². The summed E-state index contributed by atoms with van der Waals surface area (Å²) in [5.74, 6) is -0.418. The highest BCUT2D eigenvalue weighted by Crippen LogP contribution is 2.41. The van der Waals surface area contributed by atoms with E-state index in [2.05, 4.69) is 62.1 Å². The summed E-state index contributed by atoms with van der Waals surface area (Å²) in [6.07, 6.45) is 0.672. The Morgan fingerprint density at radius 3 is 0.935 bits per heavy atom. The zero-order valence-electron chi connectivity index (χ0n) is 74.1. The molecule has 23 nitrogen and oxygen atoms in total. The van der Waals surface area contributed by atoms with E-state index in [0.29, 0.717) is 117 Å². The normalized spacial score (nSPS) is 11.6. The van der Waals surface area contributed by atoms with Gasteiger partial charge < -0.3 is 54.4 Å². The predicted octanol–water partition coefficient (Wildman–Crippen LogP) is 22.3. The average molecular weight is 1900 g/mol. The Morgan fingerprint density at radius 2 is 0.623 bits per heavy atom. The fourth-order valence-electron chi connectivity index (χ4n) is 14.4. The van der Waals surface area contributed by atoms with Gasteiger partial charge in [0, 0.05) is 31.8 Å². The second-order valence-electron chi connectivity index (χ2n) is 30.0. The maximum absolute atomic E-state index is 13.2. The van der Waals surface area contributed by atoms with Crippen LogP contribution in [0, 0.1) is 23.3 Å². The molecule has 4 amide bonds. The fraction of sp³-hybridized carbons (Fsp3) is 0.137. The van der Waals surface area contributed by atoms with Crippen LogP contribution < -0.4 is 54.4 Å². The minimum Gasteiger partial charge on any atom is -0.496 e. The molecule has 12 aromatic carbocycles. The Labute approximate surface area is 778 Å². The van der Waals surface area contributed by atoms with Gasteiger partial charge >= 0.3 is 18.5 Å². The number of ether oxygens (including phenoxy) is 7. The van der Waals surface area contributed by atoms with Gasteiger partial charge in [0.05, 0.1) is 167 Å². The third-order valence-electron chi connectivity index (χ3n) is 21.3. The first-order valence-electron chi connectivity index (χ1n) is 41.6. The van der Waals surface area contributed by atoms with Crippen LogP contribution in [0.15, 0.2) is 231 Å². The van der Waals surface area contributed by atoms with E-state index in [1.54, 1.807) is 147 Å². The van der Waals surface area contributed by atoms with Gasteiger partial charge in [0.2, 0.25) is 0 Å². The third-order valence-corrected chi connectivity index (χ3v) is 21.3. The number of methoxy groups -OCH3 is 7. The van der Waals surface area contributed by atoms with Gasteiger partial charge in [-0.2, -0.15) is 59.9 Å². The number of aromatic nitrogens is 8. The first-order chi connectivity index (χ1) is 66.3. The Bertz CT molecular complexity index is 7150. The van der Waals surface area contributed by atoms with Crippen LogP contribution in [-0.2, 0) is 44.7 Å². The summed E-state index contributed by atoms with van der Waals surface area (Å²) in [7, 11) is 10.4. The zero-order valence-corrected chi connectivity index (χ0v) is 74.1. The van der Waals surface area contributed by atoms with Gasteiger partial charge in [-0.3, -0.25) is 39.6 Å². The molecular formula is C102H83F13N12O11. The van der Waals surface area contributed by atoms with Crippen LogP contribution in [0.1, 0.15) is 125 Å². The van der Waals surface area contributed by atoms with Gasteiger partial charge in [-0.1, -0.05) is 115 Å². The van der Waals surface area contributed by atoms with Gasteiger partial charge in [-0.05, 0) is 191 Å². The Kier molecular flexibility index (Phi) is 31.6. The summed E-state index contributed by atoms with van der Waals surface area (Å²) in [6, 6.07) is 54.7. The summed E-state index contributed by atoms with van der Waals surface area (Å²) in [4.78, 5) is 51.8. The molecule has 708 valence electrons. The van der Waals surface area contributed by atoms with E-state index in [1.807, 2.05) is 6.08 Å². The largest absolute Gasteiger partial charge is 0.496 e. The van der Waals surface area contributed by atoms with Crippen molar-refractivity contribution in [3.05, 3.63) is 360 Å². The lowest BCUT2D eigenvalue weighted by Crippen LogP contribution is -2.25. The second kappa shape index (κ2) is 44.3. The summed E-state index contributed by atoms with van der Waals surface area (Å²) in [5.41, 5.74) is 7.84. The molecule has 0 aliphatic heterocycles. The van der Waals surface area contributed by atoms with Crippen LogP contribution in [0.3, 0.4) is 0 Å². The van der Waals surface area contributed by atoms with Crippen LogP contribution >= 0.6 is 0 Å². The molecule has 0 radical (unpaired) electrons. The number of carbonyl (C=O) groups excluding carboxylic acids is 4. The number of alkyl halides is 9. The van der Waals surface area contributed by atoms with Gasteiger partial charge in [0.25, 0.3) is 23.6 Å². The van der Waals surface area contributed by atoms with Crippen LogP contribution in [0.4, 0.5) is 57.1 Å². The number of amides is 4. The van der Waals surface area contributed by atoms with Crippen LogP contribution in [-0.4, -0.2) is 114 Å². The number of H-pyrrole nitrogens is 4. The number of hydrogen-bond donors (Lipinski definition) is 8. The number of nitrogens with zero attached hydrogens (tertiary/aromatic N) is 4. The smallest absolute Gasteiger partial charge is 0.416 e. The van der Waals surface area contributed by atoms with E-state index >= 15 is 0 Å². The molecule has 8 N–H and O–H groups in total. The Balaban J connectivity index is 0.000000155. The van der Waals surface area contributed by atoms with E-state index in [9.17, 15) is 76.3 Å². The number of rotatable bonds is 27. The summed E-state index contributed by atoms with van der Waals surface area (Å²) < 4.78 is 208. The summed E-state index contributed by atoms with van der Waals surface area (Å²) in [6.45, 7) is -0.203. The highest BCUT2D eigenvalue weighted by atomic mass is 19.4. The van der Waals surface area contributed by atoms with Crippen molar-refractivity contribution in [3.63, 3.8) is 0 Å². The molecule has 0 spiro atoms. The molecule has 0 aliphatic rings. The van der Waals surface area contributed by atoms with Crippen molar-refractivity contribution in [2.45, 2.75) is 44.7 Å². The highest BCUT2D eigenvalue weighted by Gasteiger charge is 2.35. The third kappa shape index (κ3) is 24.2. The van der Waals surface area contributed by atoms with Gasteiger partial charge in [0.15, 0.2) is 0 Å². The maximum atomic E-state index is 13.2. The first-order valence-corrected chi connectivity index (χ1v) is 41.6. The summed E-state index contributed by atoms with van der Waals surface area (Å²) >= 11 is 0. The number of carbonyl (C=O) groups is 4. The molecule has 36 heteroatoms. The molecule has 4 heterocycles. The molecule has 0 bridgehead atoms. The standard InChI is InChI=1S/C27H26FN3O5.3C25H19F4N3O2/c1-33-18-13-23(34-2)20(24(14-18)35-3)15-29-27(32)19-10-12-22-25(26(19)36-4)21(30-31-22)11-7-16-5-8-17(28)9-6-16;1-34-23-19(24(33)30-14-16-2-7-17(8-3-16)25(27,28)29)11-13-21-22(23)20(31-32-21)12-6-15-4-9-18(26)10-5-15;1-34-23-19(24(33)30-14-16-3-2-4-17(13-16)25(27,28)29)10-12-21-22(23)20(31-32-21)11-7-15-5-8-18(26)9-6-15;1-34-23-18(24(33)30-14-16-4-2-3-5-19(16)25(27,28)29)11-13-21-22(23)20(31-32-21)12-8-15-6-9-17(26)10-7-15/h5-14H,15H2,1-4H3,(H,29,32)(H,30,31);3*2-13H,14H2,1H3,(H,30,33)(H,31,32)/b11-7+;12-6+;11-7+;12-8+. The SMILES string of the molecule is COc1c(C(=O)NCc2ccc(C(F)(F)F)cc2)ccc2n[nH]c(/C=C/c3ccc(F)cc3)c12.COc1c(C(=O)NCc2cccc(C(F)(F)F)c2)ccc2n[nH]c(/C=C/c3ccc(F)cc3)c12.COc1c(C(=O)NCc2ccccc2C(F)(F)F)ccc2n[nH]c(/C=C/c3ccc(F)cc3)c12.COc1cc(OC)c(CNC(=O)c2ccc3n[nH]c(/C=C/c4ccc(F)cc4)c3c2OC)c(OC)c1. The number of benzene rings is 12. The molecule has 0 aliphatic carbocycles. The van der Waals surface area contributed by atoms with Crippen molar-refractivity contribution < 1.29 is 109 Å². The maximum Gasteiger partial charge on any atom is 0.416 e. The molecule has 0 unspecified atom stereocenters. The van der Waals surface area contributed by atoms with Gasteiger partial charge in [-0.25, -0.2) is 17.6 Å². The topological polar surface area (TPSA) is 296 Å². The average Bonchev–Trinajstić information content (AvgIpc) is 1.61. The zero-order chi connectivity index (χ0) is 98.5. The minimum atomic E-state index is -4.53. The van der Waals surface area contributed by atoms with Crippen LogP contribution in [0.2, 0.25) is 0 Å². The first kappa shape index (κ1) is 98.6. The van der Waals surface area contributed by atoms with Crippen molar-refractivity contribution in [1.29, 1.82) is 0 Å². The molecule has 0 saturated heterocycles. The minimum absolute atomic E-state index is 0.0425. The molecule has 0 atom stereocenters. The van der Waals surface area contributed by atoms with E-state index in [-0.39, 0.29) is 89.1 Å². The molecule has 4 aromatic heterocycles. The van der Waals surface area contributed by atoms with Crippen molar-refractivity contribution in [2.75, 3.05) is 49.8 Å². The number of fused-ring (bicyclic) bond motifs is 4. The van der Waals surface area contributed by atoms with E-state index < -0.39 is 52.9 Å². The van der Waals surface area contributed by atoms with Crippen molar-refractivity contribution in [3.8, 4) is 40.2 Å². The highest BCUT2D eigenvalue weighted by molar-refractivity contribution is 6.09. The predicted molar refractivity (Wildman–Crippen MR) is 497 cm³/mol. The Morgan fingerprint density at radius 1 is 0.304 bits per heavy atom. The van der Waals surface area contributed by atoms with Gasteiger partial charge in [-0.15, -0.1) is 0 Å². The van der Waals surface area contributed by atoms with Gasteiger partial charge in [0.1, 0.15) is 63.5 Å². The van der Waals surface area contributed by atoms with Crippen LogP contribution in [0.25, 0.3) is 92.2 Å².